The quantitative estimate of drug-likeness (QED) is 0.646. The maximum atomic E-state index is 11.1. The standard InChI is InChI=1S/C13H17ClN2O2/c1-13(2,8-15-6-5-14)9-3-4-10-11(7-9)18-12(17)16-10/h3-4,7,15H,5-6,8H2,1-2H3,(H,16,17). The fourth-order valence-corrected chi connectivity index (χ4v) is 2.07. The summed E-state index contributed by atoms with van der Waals surface area (Å²) in [5, 5.41) is 3.29. The molecule has 0 fully saturated rings. The van der Waals surface area contributed by atoms with Gasteiger partial charge in [-0.15, -0.1) is 11.6 Å². The average molecular weight is 269 g/mol. The molecule has 0 saturated carbocycles. The average Bonchev–Trinajstić information content (AvgIpc) is 2.68. The van der Waals surface area contributed by atoms with Gasteiger partial charge in [0.05, 0.1) is 5.52 Å². The maximum Gasteiger partial charge on any atom is 0.417 e. The molecule has 2 rings (SSSR count). The summed E-state index contributed by atoms with van der Waals surface area (Å²) in [5.74, 6) is 0.183. The zero-order valence-electron chi connectivity index (χ0n) is 10.5. The van der Waals surface area contributed by atoms with Gasteiger partial charge in [-0.1, -0.05) is 19.9 Å². The number of benzene rings is 1. The van der Waals surface area contributed by atoms with Crippen LogP contribution in [0.15, 0.2) is 27.4 Å². The van der Waals surface area contributed by atoms with Crippen LogP contribution in [0.4, 0.5) is 0 Å². The van der Waals surface area contributed by atoms with Gasteiger partial charge in [-0.05, 0) is 17.7 Å². The number of fused-ring (bicyclic) bond motifs is 1. The molecule has 0 saturated heterocycles. The molecule has 98 valence electrons. The van der Waals surface area contributed by atoms with E-state index in [0.29, 0.717) is 11.5 Å². The van der Waals surface area contributed by atoms with Gasteiger partial charge in [0.15, 0.2) is 5.58 Å². The number of nitrogens with one attached hydrogen (secondary N) is 2. The molecule has 1 aromatic heterocycles. The van der Waals surface area contributed by atoms with Crippen LogP contribution in [-0.2, 0) is 5.41 Å². The molecule has 0 atom stereocenters. The monoisotopic (exact) mass is 268 g/mol. The lowest BCUT2D eigenvalue weighted by Gasteiger charge is -2.25. The summed E-state index contributed by atoms with van der Waals surface area (Å²) >= 11 is 5.64. The van der Waals surface area contributed by atoms with Gasteiger partial charge in [0, 0.05) is 24.4 Å². The number of hydrogen-bond donors (Lipinski definition) is 2. The summed E-state index contributed by atoms with van der Waals surface area (Å²) in [6, 6.07) is 5.80. The van der Waals surface area contributed by atoms with Crippen LogP contribution in [0, 0.1) is 0 Å². The van der Waals surface area contributed by atoms with Gasteiger partial charge in [0.2, 0.25) is 0 Å². The zero-order chi connectivity index (χ0) is 13.2. The minimum absolute atomic E-state index is 0.0455. The highest BCUT2D eigenvalue weighted by atomic mass is 35.5. The van der Waals surface area contributed by atoms with Crippen molar-refractivity contribution in [2.75, 3.05) is 19.0 Å². The smallest absolute Gasteiger partial charge is 0.408 e. The Labute approximate surface area is 110 Å². The summed E-state index contributed by atoms with van der Waals surface area (Å²) in [7, 11) is 0. The first-order valence-corrected chi connectivity index (χ1v) is 6.46. The van der Waals surface area contributed by atoms with Gasteiger partial charge >= 0.3 is 5.76 Å². The molecule has 0 aliphatic heterocycles. The van der Waals surface area contributed by atoms with Crippen molar-refractivity contribution < 1.29 is 4.42 Å². The number of hydrogen-bond acceptors (Lipinski definition) is 3. The Morgan fingerprint density at radius 2 is 2.22 bits per heavy atom. The number of aromatic amines is 1. The van der Waals surface area contributed by atoms with Crippen molar-refractivity contribution in [2.45, 2.75) is 19.3 Å². The van der Waals surface area contributed by atoms with Crippen molar-refractivity contribution >= 4 is 22.7 Å². The molecular weight excluding hydrogens is 252 g/mol. The van der Waals surface area contributed by atoms with Crippen LogP contribution in [0.3, 0.4) is 0 Å². The molecule has 1 heterocycles. The first kappa shape index (κ1) is 13.2. The summed E-state index contributed by atoms with van der Waals surface area (Å²) in [6.07, 6.45) is 0. The van der Waals surface area contributed by atoms with E-state index >= 15 is 0 Å². The Balaban J connectivity index is 2.25. The van der Waals surface area contributed by atoms with Crippen molar-refractivity contribution in [1.29, 1.82) is 0 Å². The third-order valence-corrected chi connectivity index (χ3v) is 3.23. The number of H-pyrrole nitrogens is 1. The van der Waals surface area contributed by atoms with Crippen molar-refractivity contribution in [1.82, 2.24) is 10.3 Å². The Bertz CT molecular complexity index is 586. The molecule has 2 N–H and O–H groups in total. The topological polar surface area (TPSA) is 58.0 Å². The Morgan fingerprint density at radius 3 is 2.94 bits per heavy atom. The van der Waals surface area contributed by atoms with Crippen LogP contribution >= 0.6 is 11.6 Å². The highest BCUT2D eigenvalue weighted by Gasteiger charge is 2.21. The number of rotatable bonds is 5. The molecule has 0 bridgehead atoms. The third-order valence-electron chi connectivity index (χ3n) is 3.04. The predicted molar refractivity (Wildman–Crippen MR) is 73.5 cm³/mol. The number of aromatic nitrogens is 1. The fraction of sp³-hybridized carbons (Fsp3) is 0.462. The molecule has 0 radical (unpaired) electrons. The first-order valence-electron chi connectivity index (χ1n) is 5.93. The lowest BCUT2D eigenvalue weighted by molar-refractivity contribution is 0.477. The van der Waals surface area contributed by atoms with E-state index in [9.17, 15) is 4.79 Å². The summed E-state index contributed by atoms with van der Waals surface area (Å²) in [5.41, 5.74) is 2.41. The van der Waals surface area contributed by atoms with Crippen LogP contribution in [0.5, 0.6) is 0 Å². The van der Waals surface area contributed by atoms with Crippen molar-refractivity contribution in [3.8, 4) is 0 Å². The number of alkyl halides is 1. The third kappa shape index (κ3) is 2.76. The maximum absolute atomic E-state index is 11.1. The summed E-state index contributed by atoms with van der Waals surface area (Å²) < 4.78 is 5.08. The molecule has 0 spiro atoms. The van der Waals surface area contributed by atoms with Crippen molar-refractivity contribution in [3.05, 3.63) is 34.3 Å². The molecule has 0 unspecified atom stereocenters. The van der Waals surface area contributed by atoms with E-state index in [1.807, 2.05) is 18.2 Å². The van der Waals surface area contributed by atoms with E-state index in [2.05, 4.69) is 24.1 Å². The van der Waals surface area contributed by atoms with Crippen LogP contribution in [-0.4, -0.2) is 24.0 Å². The Hall–Kier alpha value is -1.26. The van der Waals surface area contributed by atoms with Gasteiger partial charge in [0.1, 0.15) is 0 Å². The summed E-state index contributed by atoms with van der Waals surface area (Å²) in [6.45, 7) is 5.88. The van der Waals surface area contributed by atoms with Crippen LogP contribution < -0.4 is 11.1 Å². The highest BCUT2D eigenvalue weighted by molar-refractivity contribution is 6.18. The van der Waals surface area contributed by atoms with E-state index in [4.69, 9.17) is 16.0 Å². The minimum atomic E-state index is -0.416. The highest BCUT2D eigenvalue weighted by Crippen LogP contribution is 2.25. The lowest BCUT2D eigenvalue weighted by Crippen LogP contribution is -2.33. The second-order valence-corrected chi connectivity index (χ2v) is 5.35. The lowest BCUT2D eigenvalue weighted by atomic mass is 9.84. The van der Waals surface area contributed by atoms with Crippen LogP contribution in [0.1, 0.15) is 19.4 Å². The van der Waals surface area contributed by atoms with Gasteiger partial charge in [-0.25, -0.2) is 4.79 Å². The van der Waals surface area contributed by atoms with Gasteiger partial charge < -0.3 is 9.73 Å². The molecular formula is C13H17ClN2O2. The Morgan fingerprint density at radius 1 is 1.44 bits per heavy atom. The molecule has 0 aliphatic rings. The molecule has 1 aromatic carbocycles. The SMILES string of the molecule is CC(C)(CNCCCl)c1ccc2[nH]c(=O)oc2c1. The fourth-order valence-electron chi connectivity index (χ4n) is 1.94. The van der Waals surface area contributed by atoms with E-state index < -0.39 is 5.76 Å². The molecule has 18 heavy (non-hydrogen) atoms. The first-order chi connectivity index (χ1) is 8.53. The number of halogens is 1. The van der Waals surface area contributed by atoms with Crippen molar-refractivity contribution in [3.63, 3.8) is 0 Å². The second kappa shape index (κ2) is 5.16. The van der Waals surface area contributed by atoms with E-state index in [1.54, 1.807) is 0 Å². The predicted octanol–water partition coefficient (Wildman–Crippen LogP) is 2.23. The van der Waals surface area contributed by atoms with Crippen molar-refractivity contribution in [2.24, 2.45) is 0 Å². The van der Waals surface area contributed by atoms with Gasteiger partial charge in [-0.3, -0.25) is 4.98 Å². The zero-order valence-corrected chi connectivity index (χ0v) is 11.3. The Kier molecular flexibility index (Phi) is 3.78. The van der Waals surface area contributed by atoms with Gasteiger partial charge in [0.25, 0.3) is 0 Å². The molecule has 0 amide bonds. The molecule has 5 heteroatoms. The van der Waals surface area contributed by atoms with E-state index in [1.165, 1.54) is 0 Å². The van der Waals surface area contributed by atoms with Crippen LogP contribution in [0.25, 0.3) is 11.1 Å². The van der Waals surface area contributed by atoms with Crippen LogP contribution in [0.2, 0.25) is 0 Å². The van der Waals surface area contributed by atoms with E-state index in [-0.39, 0.29) is 5.41 Å². The molecule has 2 aromatic rings. The minimum Gasteiger partial charge on any atom is -0.408 e. The molecule has 4 nitrogen and oxygen atoms in total. The normalized spacial score (nSPS) is 12.2. The second-order valence-electron chi connectivity index (χ2n) is 4.98. The largest absolute Gasteiger partial charge is 0.417 e. The number of oxazole rings is 1. The van der Waals surface area contributed by atoms with Gasteiger partial charge in [-0.2, -0.15) is 0 Å². The molecule has 0 aliphatic carbocycles. The summed E-state index contributed by atoms with van der Waals surface area (Å²) in [4.78, 5) is 13.7. The van der Waals surface area contributed by atoms with E-state index in [0.717, 1.165) is 24.2 Å².